The smallest absolute Gasteiger partial charge is 0.316 e. The monoisotopic (exact) mass is 463 g/mol. The first-order valence-corrected chi connectivity index (χ1v) is 12.5. The Balaban J connectivity index is 1.70. The van der Waals surface area contributed by atoms with Gasteiger partial charge in [0.2, 0.25) is 0 Å². The second-order valence-corrected chi connectivity index (χ2v) is 9.83. The number of hydrogen-bond donors (Lipinski definition) is 1. The molecule has 1 aliphatic heterocycles. The summed E-state index contributed by atoms with van der Waals surface area (Å²) < 4.78 is 2.99. The number of quaternary nitrogens is 1. The van der Waals surface area contributed by atoms with E-state index in [2.05, 4.69) is 71.9 Å². The van der Waals surface area contributed by atoms with E-state index in [-0.39, 0.29) is 0 Å². The molecule has 0 radical (unpaired) electrons. The highest BCUT2D eigenvalue weighted by atomic mass is 15.5. The van der Waals surface area contributed by atoms with Crippen LogP contribution in [0.3, 0.4) is 0 Å². The molecule has 2 unspecified atom stereocenters. The summed E-state index contributed by atoms with van der Waals surface area (Å²) in [6.45, 7) is 6.27. The van der Waals surface area contributed by atoms with Crippen LogP contribution in [0.25, 0.3) is 38.8 Å². The second-order valence-electron chi connectivity index (χ2n) is 9.83. The number of benzene rings is 2. The van der Waals surface area contributed by atoms with E-state index in [1.54, 1.807) is 0 Å². The van der Waals surface area contributed by atoms with Gasteiger partial charge in [0.25, 0.3) is 0 Å². The van der Waals surface area contributed by atoms with Gasteiger partial charge < -0.3 is 5.73 Å². The molecule has 6 nitrogen and oxygen atoms in total. The normalized spacial score (nSPS) is 20.3. The lowest BCUT2D eigenvalue weighted by atomic mass is 9.98. The van der Waals surface area contributed by atoms with E-state index in [9.17, 15) is 0 Å². The Bertz CT molecular complexity index is 1510. The number of pyridine rings is 1. The first-order valence-electron chi connectivity index (χ1n) is 12.5. The lowest BCUT2D eigenvalue weighted by molar-refractivity contribution is 0.195. The van der Waals surface area contributed by atoms with Gasteiger partial charge in [-0.05, 0) is 48.4 Å². The van der Waals surface area contributed by atoms with Gasteiger partial charge >= 0.3 is 5.95 Å². The highest BCUT2D eigenvalue weighted by Gasteiger charge is 2.48. The molecule has 1 saturated heterocycles. The van der Waals surface area contributed by atoms with Crippen molar-refractivity contribution in [1.29, 1.82) is 0 Å². The fourth-order valence-corrected chi connectivity index (χ4v) is 6.07. The van der Waals surface area contributed by atoms with Gasteiger partial charge in [0.05, 0.1) is 23.8 Å². The maximum atomic E-state index is 6.35. The summed E-state index contributed by atoms with van der Waals surface area (Å²) in [5, 5.41) is 2.42. The first kappa shape index (κ1) is 21.9. The summed E-state index contributed by atoms with van der Waals surface area (Å²) in [7, 11) is 0. The van der Waals surface area contributed by atoms with Crippen LogP contribution in [0.5, 0.6) is 0 Å². The largest absolute Gasteiger partial charge is 0.325 e. The van der Waals surface area contributed by atoms with Crippen molar-refractivity contribution >= 4 is 22.4 Å². The van der Waals surface area contributed by atoms with Gasteiger partial charge in [-0.1, -0.05) is 36.4 Å². The average molecular weight is 464 g/mol. The second kappa shape index (κ2) is 8.56. The number of nitrogens with two attached hydrogens (primary N) is 1. The van der Waals surface area contributed by atoms with Crippen molar-refractivity contribution in [2.45, 2.75) is 38.8 Å². The summed E-state index contributed by atoms with van der Waals surface area (Å²) in [5.74, 6) is 1.02. The van der Waals surface area contributed by atoms with E-state index < -0.39 is 0 Å². The molecule has 2 aromatic carbocycles. The van der Waals surface area contributed by atoms with E-state index in [0.29, 0.717) is 18.6 Å². The molecule has 6 heteroatoms. The van der Waals surface area contributed by atoms with Crippen molar-refractivity contribution < 1.29 is 0 Å². The standard InChI is InChI=1S/C29H31N6/c1-20(2)35(17-5-8-25(35)19-30)29-33-27(22-11-13-31-14-12-22)26(28-32-15-16-34(28)29)24-10-9-21-6-3-4-7-23(21)18-24/h3-4,6-7,9-16,18,20,25H,5,8,17,19,30H2,1-2H3/q+1. The number of nitrogens with zero attached hydrogens (tertiary/aromatic N) is 5. The van der Waals surface area contributed by atoms with Gasteiger partial charge in [0.1, 0.15) is 6.04 Å². The minimum Gasteiger partial charge on any atom is -0.325 e. The van der Waals surface area contributed by atoms with Crippen LogP contribution in [-0.4, -0.2) is 44.5 Å². The number of rotatable bonds is 5. The molecule has 2 atom stereocenters. The molecule has 1 fully saturated rings. The Morgan fingerprint density at radius 2 is 1.80 bits per heavy atom. The third-order valence-electron chi connectivity index (χ3n) is 7.80. The molecule has 0 spiro atoms. The molecule has 0 saturated carbocycles. The number of hydrogen-bond acceptors (Lipinski definition) is 4. The summed E-state index contributed by atoms with van der Waals surface area (Å²) in [5.41, 5.74) is 11.4. The van der Waals surface area contributed by atoms with E-state index in [1.807, 2.05) is 30.7 Å². The molecule has 1 aliphatic rings. The van der Waals surface area contributed by atoms with Crippen molar-refractivity contribution in [3.63, 3.8) is 0 Å². The summed E-state index contributed by atoms with van der Waals surface area (Å²) >= 11 is 0. The molecule has 0 bridgehead atoms. The summed E-state index contributed by atoms with van der Waals surface area (Å²) in [4.78, 5) is 14.7. The van der Waals surface area contributed by atoms with Crippen LogP contribution in [0, 0.1) is 0 Å². The molecule has 176 valence electrons. The zero-order valence-electron chi connectivity index (χ0n) is 20.3. The first-order chi connectivity index (χ1) is 17.1. The molecule has 0 aliphatic carbocycles. The third-order valence-corrected chi connectivity index (χ3v) is 7.80. The lowest BCUT2D eigenvalue weighted by Crippen LogP contribution is -2.61. The van der Waals surface area contributed by atoms with Crippen LogP contribution in [-0.2, 0) is 0 Å². The number of fused-ring (bicyclic) bond motifs is 2. The summed E-state index contributed by atoms with van der Waals surface area (Å²) in [6.07, 6.45) is 9.89. The van der Waals surface area contributed by atoms with E-state index in [0.717, 1.165) is 57.8 Å². The van der Waals surface area contributed by atoms with Crippen LogP contribution < -0.4 is 10.2 Å². The molecule has 3 aromatic heterocycles. The highest BCUT2D eigenvalue weighted by Crippen LogP contribution is 2.42. The van der Waals surface area contributed by atoms with Crippen LogP contribution in [0.1, 0.15) is 26.7 Å². The molecule has 35 heavy (non-hydrogen) atoms. The molecular weight excluding hydrogens is 432 g/mol. The number of imidazole rings is 1. The molecular formula is C29H31N6+. The third kappa shape index (κ3) is 3.36. The van der Waals surface area contributed by atoms with Crippen LogP contribution in [0.2, 0.25) is 0 Å². The van der Waals surface area contributed by atoms with Crippen LogP contribution in [0.4, 0.5) is 5.95 Å². The van der Waals surface area contributed by atoms with Gasteiger partial charge in [-0.25, -0.2) is 9.38 Å². The Hall–Kier alpha value is -3.61. The Morgan fingerprint density at radius 3 is 2.57 bits per heavy atom. The number of likely N-dealkylation sites (tertiary alicyclic amines) is 1. The zero-order valence-corrected chi connectivity index (χ0v) is 20.3. The van der Waals surface area contributed by atoms with Crippen molar-refractivity contribution in [2.75, 3.05) is 13.1 Å². The van der Waals surface area contributed by atoms with Crippen molar-refractivity contribution in [3.05, 3.63) is 79.4 Å². The number of aromatic nitrogens is 4. The average Bonchev–Trinajstić information content (AvgIpc) is 3.56. The zero-order chi connectivity index (χ0) is 24.0. The van der Waals surface area contributed by atoms with Gasteiger partial charge in [0, 0.05) is 49.7 Å². The fraction of sp³-hybridized carbons (Fsp3) is 0.276. The van der Waals surface area contributed by atoms with E-state index in [1.165, 1.54) is 10.8 Å². The molecule has 4 heterocycles. The Morgan fingerprint density at radius 1 is 1.00 bits per heavy atom. The van der Waals surface area contributed by atoms with Crippen molar-refractivity contribution in [1.82, 2.24) is 23.8 Å². The van der Waals surface area contributed by atoms with E-state index in [4.69, 9.17) is 15.7 Å². The minimum atomic E-state index is 0.338. The minimum absolute atomic E-state index is 0.338. The lowest BCUT2D eigenvalue weighted by Gasteiger charge is -2.41. The van der Waals surface area contributed by atoms with Gasteiger partial charge in [-0.2, -0.15) is 4.98 Å². The van der Waals surface area contributed by atoms with Crippen LogP contribution >= 0.6 is 0 Å². The van der Waals surface area contributed by atoms with Gasteiger partial charge in [-0.15, -0.1) is 0 Å². The highest BCUT2D eigenvalue weighted by molar-refractivity contribution is 5.95. The summed E-state index contributed by atoms with van der Waals surface area (Å²) in [6, 6.07) is 19.8. The van der Waals surface area contributed by atoms with Crippen molar-refractivity contribution in [3.8, 4) is 22.4 Å². The maximum Gasteiger partial charge on any atom is 0.316 e. The topological polar surface area (TPSA) is 69.1 Å². The quantitative estimate of drug-likeness (QED) is 0.352. The SMILES string of the molecule is CC(C)[N+]1(c2nc(-c3ccncc3)c(-c3ccc4ccccc4c3)c3nccn23)CCCC1CN. The van der Waals surface area contributed by atoms with Gasteiger partial charge in [-0.3, -0.25) is 9.47 Å². The molecule has 5 aromatic rings. The van der Waals surface area contributed by atoms with E-state index >= 15 is 0 Å². The Kier molecular flexibility index (Phi) is 5.35. The predicted octanol–water partition coefficient (Wildman–Crippen LogP) is 5.45. The predicted molar refractivity (Wildman–Crippen MR) is 143 cm³/mol. The van der Waals surface area contributed by atoms with Gasteiger partial charge in [0.15, 0.2) is 5.65 Å². The Labute approximate surface area is 205 Å². The molecule has 0 amide bonds. The van der Waals surface area contributed by atoms with Crippen LogP contribution in [0.15, 0.2) is 79.4 Å². The fourth-order valence-electron chi connectivity index (χ4n) is 6.07. The van der Waals surface area contributed by atoms with Crippen molar-refractivity contribution in [2.24, 2.45) is 5.73 Å². The maximum absolute atomic E-state index is 6.35. The molecule has 2 N–H and O–H groups in total. The molecule has 6 rings (SSSR count).